The smallest absolute Gasteiger partial charge is 0.307 e. The highest BCUT2D eigenvalue weighted by Crippen LogP contribution is 2.44. The maximum atomic E-state index is 11.1. The van der Waals surface area contributed by atoms with Gasteiger partial charge in [0.15, 0.2) is 0 Å². The van der Waals surface area contributed by atoms with Crippen LogP contribution in [0.2, 0.25) is 0 Å². The number of aliphatic carboxylic acids is 3. The van der Waals surface area contributed by atoms with Gasteiger partial charge in [-0.05, 0) is 6.42 Å². The van der Waals surface area contributed by atoms with Crippen LogP contribution in [0.4, 0.5) is 0 Å². The number of hydrogen-bond acceptors (Lipinski definition) is 5. The lowest BCUT2D eigenvalue weighted by Crippen LogP contribution is -2.39. The molecule has 5 atom stereocenters. The summed E-state index contributed by atoms with van der Waals surface area (Å²) < 4.78 is 0. The molecule has 5 unspecified atom stereocenters. The highest BCUT2D eigenvalue weighted by molar-refractivity contribution is 5.84. The molecule has 0 spiro atoms. The lowest BCUT2D eigenvalue weighted by molar-refractivity contribution is -0.156. The maximum absolute atomic E-state index is 11.1. The standard InChI is InChI=1S/C10H14O8/c11-2-5(12)6-3(8(13)14)1-4(9(15)16)7(6)10(17)18/h3-7,11-12H,1-2H2,(H,13,14)(H,15,16)(H,17,18). The first kappa shape index (κ1) is 14.4. The van der Waals surface area contributed by atoms with Gasteiger partial charge in [-0.1, -0.05) is 0 Å². The molecule has 0 amide bonds. The van der Waals surface area contributed by atoms with Crippen molar-refractivity contribution >= 4 is 17.9 Å². The predicted octanol–water partition coefficient (Wildman–Crippen LogP) is -1.54. The van der Waals surface area contributed by atoms with Crippen LogP contribution in [0.3, 0.4) is 0 Å². The molecule has 0 saturated heterocycles. The lowest BCUT2D eigenvalue weighted by atomic mass is 9.83. The molecule has 0 aromatic rings. The molecule has 102 valence electrons. The highest BCUT2D eigenvalue weighted by atomic mass is 16.4. The summed E-state index contributed by atoms with van der Waals surface area (Å²) in [4.78, 5) is 33.0. The summed E-state index contributed by atoms with van der Waals surface area (Å²) in [5.41, 5.74) is 0. The molecule has 1 rings (SSSR count). The van der Waals surface area contributed by atoms with Crippen molar-refractivity contribution in [3.8, 4) is 0 Å². The van der Waals surface area contributed by atoms with E-state index in [0.29, 0.717) is 0 Å². The summed E-state index contributed by atoms with van der Waals surface area (Å²) in [6.45, 7) is -0.815. The van der Waals surface area contributed by atoms with Crippen molar-refractivity contribution in [3.63, 3.8) is 0 Å². The summed E-state index contributed by atoms with van der Waals surface area (Å²) in [5.74, 6) is -9.78. The molecule has 18 heavy (non-hydrogen) atoms. The molecule has 0 aromatic carbocycles. The number of hydrogen-bond donors (Lipinski definition) is 5. The molecule has 0 aliphatic heterocycles. The van der Waals surface area contributed by atoms with Crippen molar-refractivity contribution in [1.82, 2.24) is 0 Å². The summed E-state index contributed by atoms with van der Waals surface area (Å²) >= 11 is 0. The van der Waals surface area contributed by atoms with Crippen molar-refractivity contribution in [3.05, 3.63) is 0 Å². The van der Waals surface area contributed by atoms with E-state index >= 15 is 0 Å². The molecule has 0 bridgehead atoms. The molecule has 1 saturated carbocycles. The van der Waals surface area contributed by atoms with Crippen LogP contribution in [0, 0.1) is 23.7 Å². The molecule has 0 aromatic heterocycles. The number of rotatable bonds is 5. The second-order valence-electron chi connectivity index (χ2n) is 4.32. The first-order valence-corrected chi connectivity index (χ1v) is 5.28. The Hall–Kier alpha value is -1.67. The second-order valence-corrected chi connectivity index (χ2v) is 4.32. The molecule has 0 heterocycles. The summed E-state index contributed by atoms with van der Waals surface area (Å²) in [7, 11) is 0. The fourth-order valence-corrected chi connectivity index (χ4v) is 2.58. The van der Waals surface area contributed by atoms with Crippen LogP contribution in [-0.2, 0) is 14.4 Å². The first-order chi connectivity index (χ1) is 8.31. The van der Waals surface area contributed by atoms with Gasteiger partial charge in [-0.15, -0.1) is 0 Å². The van der Waals surface area contributed by atoms with Crippen molar-refractivity contribution in [2.45, 2.75) is 12.5 Å². The zero-order valence-electron chi connectivity index (χ0n) is 9.26. The van der Waals surface area contributed by atoms with E-state index in [-0.39, 0.29) is 6.42 Å². The van der Waals surface area contributed by atoms with E-state index in [0.717, 1.165) is 0 Å². The average molecular weight is 262 g/mol. The number of carbonyl (C=O) groups is 3. The van der Waals surface area contributed by atoms with Crippen LogP contribution in [0.1, 0.15) is 6.42 Å². The molecular formula is C10H14O8. The van der Waals surface area contributed by atoms with Crippen molar-refractivity contribution in [2.75, 3.05) is 6.61 Å². The highest BCUT2D eigenvalue weighted by Gasteiger charge is 2.55. The van der Waals surface area contributed by atoms with E-state index in [9.17, 15) is 19.5 Å². The van der Waals surface area contributed by atoms with Gasteiger partial charge in [0.1, 0.15) is 0 Å². The third kappa shape index (κ3) is 2.44. The number of aliphatic hydroxyl groups is 2. The third-order valence-electron chi connectivity index (χ3n) is 3.37. The maximum Gasteiger partial charge on any atom is 0.307 e. The molecule has 5 N–H and O–H groups in total. The molecule has 1 aliphatic carbocycles. The quantitative estimate of drug-likeness (QED) is 0.399. The Labute approximate surface area is 101 Å². The summed E-state index contributed by atoms with van der Waals surface area (Å²) in [6.07, 6.45) is -1.94. The van der Waals surface area contributed by atoms with Crippen molar-refractivity contribution in [2.24, 2.45) is 23.7 Å². The molecule has 0 radical (unpaired) electrons. The van der Waals surface area contributed by atoms with Crippen LogP contribution in [-0.4, -0.2) is 56.2 Å². The summed E-state index contributed by atoms with van der Waals surface area (Å²) in [6, 6.07) is 0. The number of carboxylic acid groups (broad SMARTS) is 3. The fraction of sp³-hybridized carbons (Fsp3) is 0.700. The van der Waals surface area contributed by atoms with Gasteiger partial charge in [0.05, 0.1) is 30.5 Å². The van der Waals surface area contributed by atoms with Gasteiger partial charge >= 0.3 is 17.9 Å². The Kier molecular flexibility index (Phi) is 4.25. The lowest BCUT2D eigenvalue weighted by Gasteiger charge is -2.24. The van der Waals surface area contributed by atoms with Gasteiger partial charge < -0.3 is 25.5 Å². The van der Waals surface area contributed by atoms with Gasteiger partial charge in [0.25, 0.3) is 0 Å². The molecular weight excluding hydrogens is 248 g/mol. The normalized spacial score (nSPS) is 33.0. The summed E-state index contributed by atoms with van der Waals surface area (Å²) in [5, 5.41) is 45.2. The van der Waals surface area contributed by atoms with Gasteiger partial charge in [0, 0.05) is 5.92 Å². The van der Waals surface area contributed by atoms with Crippen LogP contribution < -0.4 is 0 Å². The Bertz CT molecular complexity index is 365. The van der Waals surface area contributed by atoms with E-state index in [1.807, 2.05) is 0 Å². The largest absolute Gasteiger partial charge is 0.481 e. The monoisotopic (exact) mass is 262 g/mol. The first-order valence-electron chi connectivity index (χ1n) is 5.28. The molecule has 1 aliphatic rings. The van der Waals surface area contributed by atoms with E-state index in [1.165, 1.54) is 0 Å². The topological polar surface area (TPSA) is 152 Å². The zero-order valence-corrected chi connectivity index (χ0v) is 9.26. The van der Waals surface area contributed by atoms with Crippen LogP contribution in [0.15, 0.2) is 0 Å². The van der Waals surface area contributed by atoms with E-state index < -0.39 is 54.3 Å². The van der Waals surface area contributed by atoms with E-state index in [2.05, 4.69) is 0 Å². The zero-order chi connectivity index (χ0) is 14.0. The Morgan fingerprint density at radius 3 is 1.83 bits per heavy atom. The number of carboxylic acids is 3. The van der Waals surface area contributed by atoms with Crippen LogP contribution >= 0.6 is 0 Å². The molecule has 8 heteroatoms. The second kappa shape index (κ2) is 5.32. The van der Waals surface area contributed by atoms with Gasteiger partial charge in [-0.25, -0.2) is 0 Å². The fourth-order valence-electron chi connectivity index (χ4n) is 2.58. The predicted molar refractivity (Wildman–Crippen MR) is 54.6 cm³/mol. The Balaban J connectivity index is 3.15. The van der Waals surface area contributed by atoms with E-state index in [1.54, 1.807) is 0 Å². The van der Waals surface area contributed by atoms with Crippen molar-refractivity contribution < 1.29 is 39.9 Å². The Morgan fingerprint density at radius 2 is 1.50 bits per heavy atom. The SMILES string of the molecule is O=C(O)C1CC(C(=O)O)C(C(O)CO)C1C(=O)O. The van der Waals surface area contributed by atoms with Gasteiger partial charge in [0.2, 0.25) is 0 Å². The average Bonchev–Trinajstić information content (AvgIpc) is 2.68. The Morgan fingerprint density at radius 1 is 1.00 bits per heavy atom. The minimum atomic E-state index is -1.57. The third-order valence-corrected chi connectivity index (χ3v) is 3.37. The van der Waals surface area contributed by atoms with Gasteiger partial charge in [-0.2, -0.15) is 0 Å². The van der Waals surface area contributed by atoms with Crippen molar-refractivity contribution in [1.29, 1.82) is 0 Å². The number of aliphatic hydroxyl groups excluding tert-OH is 2. The van der Waals surface area contributed by atoms with Crippen LogP contribution in [0.25, 0.3) is 0 Å². The minimum absolute atomic E-state index is 0.372. The van der Waals surface area contributed by atoms with E-state index in [4.69, 9.17) is 20.4 Å². The molecule has 1 fully saturated rings. The minimum Gasteiger partial charge on any atom is -0.481 e. The van der Waals surface area contributed by atoms with Gasteiger partial charge in [-0.3, -0.25) is 14.4 Å². The molecule has 8 nitrogen and oxygen atoms in total. The van der Waals surface area contributed by atoms with Crippen LogP contribution in [0.5, 0.6) is 0 Å².